The highest BCUT2D eigenvalue weighted by Gasteiger charge is 2.35. The SMILES string of the molecule is Cc1noc(C)c1S(=O)(=O)Nc1ccc2c(c1)C(=O)N([C@@H](C)CO)C[C@@H](C)[C@H](CN(C)C(=O)NC1CCCCC1)O2. The van der Waals surface area contributed by atoms with E-state index in [1.54, 1.807) is 29.8 Å². The highest BCUT2D eigenvalue weighted by Crippen LogP contribution is 2.32. The molecule has 3 N–H and O–H groups in total. The summed E-state index contributed by atoms with van der Waals surface area (Å²) in [5.74, 6) is -0.155. The number of sulfonamides is 1. The maximum atomic E-state index is 13.7. The number of carbonyl (C=O) groups is 2. The van der Waals surface area contributed by atoms with Crippen molar-refractivity contribution in [1.29, 1.82) is 0 Å². The smallest absolute Gasteiger partial charge is 0.317 e. The number of ether oxygens (including phenoxy) is 1. The number of likely N-dealkylation sites (N-methyl/N-ethyl adjacent to an activating group) is 1. The van der Waals surface area contributed by atoms with Gasteiger partial charge in [0.25, 0.3) is 15.9 Å². The quantitative estimate of drug-likeness (QED) is 0.423. The Hall–Kier alpha value is -3.32. The molecule has 0 spiro atoms. The van der Waals surface area contributed by atoms with Gasteiger partial charge in [-0.25, -0.2) is 13.2 Å². The van der Waals surface area contributed by atoms with Gasteiger partial charge in [0.2, 0.25) is 0 Å². The highest BCUT2D eigenvalue weighted by molar-refractivity contribution is 7.92. The van der Waals surface area contributed by atoms with Gasteiger partial charge in [-0.15, -0.1) is 0 Å². The summed E-state index contributed by atoms with van der Waals surface area (Å²) < 4.78 is 40.1. The molecule has 1 aliphatic carbocycles. The second-order valence-corrected chi connectivity index (χ2v) is 12.9. The van der Waals surface area contributed by atoms with Gasteiger partial charge >= 0.3 is 6.03 Å². The molecule has 2 aromatic rings. The van der Waals surface area contributed by atoms with Gasteiger partial charge in [-0.3, -0.25) is 9.52 Å². The zero-order chi connectivity index (χ0) is 29.9. The monoisotopic (exact) mass is 591 g/mol. The largest absolute Gasteiger partial charge is 0.487 e. The lowest BCUT2D eigenvalue weighted by Gasteiger charge is -2.38. The second kappa shape index (κ2) is 12.7. The average molecular weight is 592 g/mol. The summed E-state index contributed by atoms with van der Waals surface area (Å²) in [5, 5.41) is 16.8. The summed E-state index contributed by atoms with van der Waals surface area (Å²) in [5.41, 5.74) is 0.527. The van der Waals surface area contributed by atoms with Gasteiger partial charge in [0.05, 0.1) is 24.8 Å². The summed E-state index contributed by atoms with van der Waals surface area (Å²) in [6.45, 7) is 7.03. The molecule has 0 bridgehead atoms. The van der Waals surface area contributed by atoms with Gasteiger partial charge in [0.15, 0.2) is 10.7 Å². The van der Waals surface area contributed by atoms with E-state index in [1.165, 1.54) is 32.4 Å². The van der Waals surface area contributed by atoms with E-state index in [0.717, 1.165) is 25.7 Å². The number of hydrogen-bond acceptors (Lipinski definition) is 8. The van der Waals surface area contributed by atoms with Gasteiger partial charge in [-0.1, -0.05) is 31.3 Å². The summed E-state index contributed by atoms with van der Waals surface area (Å²) in [4.78, 5) is 29.8. The van der Waals surface area contributed by atoms with E-state index in [-0.39, 0.29) is 71.0 Å². The van der Waals surface area contributed by atoms with E-state index in [1.807, 2.05) is 6.92 Å². The number of aliphatic hydroxyl groups excluding tert-OH is 1. The standard InChI is InChI=1S/C28H41N5O7S/c1-17-14-33(18(2)16-34)27(35)23-13-22(31-41(37,38)26-19(3)30-40-20(26)4)11-12-24(23)39-25(17)15-32(5)28(36)29-21-9-7-6-8-10-21/h11-13,17-18,21,25,31,34H,6-10,14-16H2,1-5H3,(H,29,36)/t17-,18+,25+/m1/s1. The minimum atomic E-state index is -4.05. The van der Waals surface area contributed by atoms with E-state index in [9.17, 15) is 23.1 Å². The molecular formula is C28H41N5O7S. The van der Waals surface area contributed by atoms with Crippen LogP contribution in [0.15, 0.2) is 27.6 Å². The van der Waals surface area contributed by atoms with E-state index in [0.29, 0.717) is 0 Å². The van der Waals surface area contributed by atoms with Crippen molar-refractivity contribution in [2.45, 2.75) is 82.9 Å². The van der Waals surface area contributed by atoms with E-state index >= 15 is 0 Å². The van der Waals surface area contributed by atoms with Crippen molar-refractivity contribution in [3.05, 3.63) is 35.2 Å². The van der Waals surface area contributed by atoms with E-state index in [4.69, 9.17) is 9.26 Å². The fourth-order valence-electron chi connectivity index (χ4n) is 5.45. The number of hydrogen-bond donors (Lipinski definition) is 3. The van der Waals surface area contributed by atoms with Crippen LogP contribution in [0, 0.1) is 19.8 Å². The number of fused-ring (bicyclic) bond motifs is 1. The number of rotatable bonds is 8. The first-order chi connectivity index (χ1) is 19.4. The van der Waals surface area contributed by atoms with Crippen LogP contribution in [-0.2, 0) is 10.0 Å². The lowest BCUT2D eigenvalue weighted by atomic mass is 9.96. The molecule has 41 heavy (non-hydrogen) atoms. The van der Waals surface area contributed by atoms with Crippen molar-refractivity contribution >= 4 is 27.6 Å². The minimum absolute atomic E-state index is 0.0641. The fraction of sp³-hybridized carbons (Fsp3) is 0.607. The number of carbonyl (C=O) groups excluding carboxylic acids is 2. The predicted octanol–water partition coefficient (Wildman–Crippen LogP) is 3.29. The zero-order valence-electron chi connectivity index (χ0n) is 24.3. The maximum Gasteiger partial charge on any atom is 0.317 e. The van der Waals surface area contributed by atoms with Crippen LogP contribution in [0.2, 0.25) is 0 Å². The molecule has 13 heteroatoms. The molecule has 0 saturated heterocycles. The second-order valence-electron chi connectivity index (χ2n) is 11.3. The van der Waals surface area contributed by atoms with Gasteiger partial charge in [0, 0.05) is 31.2 Å². The predicted molar refractivity (Wildman–Crippen MR) is 152 cm³/mol. The zero-order valence-corrected chi connectivity index (χ0v) is 25.2. The van der Waals surface area contributed by atoms with Crippen molar-refractivity contribution in [1.82, 2.24) is 20.3 Å². The lowest BCUT2D eigenvalue weighted by molar-refractivity contribution is 0.0366. The molecule has 12 nitrogen and oxygen atoms in total. The highest BCUT2D eigenvalue weighted by atomic mass is 32.2. The Morgan fingerprint density at radius 3 is 2.59 bits per heavy atom. The molecule has 1 aromatic heterocycles. The first-order valence-corrected chi connectivity index (χ1v) is 15.6. The van der Waals surface area contributed by atoms with Crippen molar-refractivity contribution < 1.29 is 32.4 Å². The third-order valence-corrected chi connectivity index (χ3v) is 9.51. The van der Waals surface area contributed by atoms with Crippen LogP contribution in [0.5, 0.6) is 5.75 Å². The van der Waals surface area contributed by atoms with Gasteiger partial charge in [-0.2, -0.15) is 0 Å². The summed E-state index contributed by atoms with van der Waals surface area (Å²) in [7, 11) is -2.32. The maximum absolute atomic E-state index is 13.7. The third kappa shape index (κ3) is 6.95. The topological polar surface area (TPSA) is 154 Å². The number of aryl methyl sites for hydroxylation is 2. The Labute approximate surface area is 241 Å². The number of urea groups is 1. The number of benzene rings is 1. The van der Waals surface area contributed by atoms with Crippen LogP contribution in [0.25, 0.3) is 0 Å². The number of nitrogens with one attached hydrogen (secondary N) is 2. The Kier molecular flexibility index (Phi) is 9.48. The Balaban J connectivity index is 1.60. The van der Waals surface area contributed by atoms with Crippen LogP contribution in [0.4, 0.5) is 10.5 Å². The molecule has 0 radical (unpaired) electrons. The molecular weight excluding hydrogens is 550 g/mol. The van der Waals surface area contributed by atoms with E-state index in [2.05, 4.69) is 15.2 Å². The molecule has 2 aliphatic rings. The molecule has 4 rings (SSSR count). The average Bonchev–Trinajstić information content (AvgIpc) is 3.29. The van der Waals surface area contributed by atoms with Gasteiger partial charge in [0.1, 0.15) is 17.5 Å². The van der Waals surface area contributed by atoms with Crippen molar-refractivity contribution in [3.63, 3.8) is 0 Å². The van der Waals surface area contributed by atoms with Crippen LogP contribution in [0.1, 0.15) is 67.8 Å². The van der Waals surface area contributed by atoms with Crippen molar-refractivity contribution in [2.24, 2.45) is 5.92 Å². The van der Waals surface area contributed by atoms with Gasteiger partial charge in [-0.05, 0) is 51.8 Å². The Morgan fingerprint density at radius 2 is 1.95 bits per heavy atom. The molecule has 1 aliphatic heterocycles. The first-order valence-electron chi connectivity index (χ1n) is 14.1. The number of aromatic nitrogens is 1. The molecule has 0 unspecified atom stereocenters. The summed E-state index contributed by atoms with van der Waals surface area (Å²) >= 11 is 0. The first kappa shape index (κ1) is 30.6. The minimum Gasteiger partial charge on any atom is -0.487 e. The molecule has 1 saturated carbocycles. The Morgan fingerprint density at radius 1 is 1.24 bits per heavy atom. The van der Waals surface area contributed by atoms with Crippen molar-refractivity contribution in [3.8, 4) is 5.75 Å². The van der Waals surface area contributed by atoms with Crippen molar-refractivity contribution in [2.75, 3.05) is 31.5 Å². The number of amides is 3. The molecule has 3 amide bonds. The lowest BCUT2D eigenvalue weighted by Crippen LogP contribution is -2.52. The number of aliphatic hydroxyl groups is 1. The number of anilines is 1. The molecule has 1 aromatic carbocycles. The van der Waals surface area contributed by atoms with Crippen LogP contribution in [-0.4, -0.2) is 85.4 Å². The summed E-state index contributed by atoms with van der Waals surface area (Å²) in [6, 6.07) is 4.00. The third-order valence-electron chi connectivity index (χ3n) is 7.89. The van der Waals surface area contributed by atoms with E-state index < -0.39 is 28.1 Å². The van der Waals surface area contributed by atoms with Gasteiger partial charge < -0.3 is 29.5 Å². The van der Waals surface area contributed by atoms with Crippen LogP contribution < -0.4 is 14.8 Å². The normalized spacial score (nSPS) is 20.8. The molecule has 226 valence electrons. The fourth-order valence-corrected chi connectivity index (χ4v) is 6.83. The molecule has 2 heterocycles. The van der Waals surface area contributed by atoms with Crippen LogP contribution in [0.3, 0.4) is 0 Å². The Bertz CT molecular complexity index is 1340. The number of nitrogens with zero attached hydrogens (tertiary/aromatic N) is 3. The van der Waals surface area contributed by atoms with Crippen LogP contribution >= 0.6 is 0 Å². The summed E-state index contributed by atoms with van der Waals surface area (Å²) in [6.07, 6.45) is 4.89. The molecule has 1 fully saturated rings. The molecule has 3 atom stereocenters.